The van der Waals surface area contributed by atoms with E-state index in [0.29, 0.717) is 23.9 Å². The lowest BCUT2D eigenvalue weighted by Crippen LogP contribution is -2.28. The lowest BCUT2D eigenvalue weighted by atomic mass is 10.2. The summed E-state index contributed by atoms with van der Waals surface area (Å²) >= 11 is 5.81. The fraction of sp³-hybridized carbons (Fsp3) is 0.278. The smallest absolute Gasteiger partial charge is 0.258 e. The van der Waals surface area contributed by atoms with E-state index in [4.69, 9.17) is 21.1 Å². The van der Waals surface area contributed by atoms with E-state index >= 15 is 0 Å². The van der Waals surface area contributed by atoms with E-state index in [1.807, 2.05) is 24.3 Å². The molecule has 0 radical (unpaired) electrons. The van der Waals surface area contributed by atoms with Gasteiger partial charge < -0.3 is 14.8 Å². The van der Waals surface area contributed by atoms with Gasteiger partial charge in [-0.2, -0.15) is 0 Å². The summed E-state index contributed by atoms with van der Waals surface area (Å²) in [7, 11) is 0. The number of ether oxygens (including phenoxy) is 2. The molecule has 122 valence electrons. The van der Waals surface area contributed by atoms with Crippen LogP contribution in [0.3, 0.4) is 0 Å². The Bertz CT molecular complexity index is 611. The van der Waals surface area contributed by atoms with Gasteiger partial charge in [0.2, 0.25) is 0 Å². The van der Waals surface area contributed by atoms with Gasteiger partial charge >= 0.3 is 0 Å². The molecule has 0 bridgehead atoms. The molecule has 4 nitrogen and oxygen atoms in total. The van der Waals surface area contributed by atoms with Crippen molar-refractivity contribution in [3.05, 3.63) is 59.1 Å². The Labute approximate surface area is 141 Å². The highest BCUT2D eigenvalue weighted by atomic mass is 35.5. The first-order chi connectivity index (χ1) is 11.2. The third-order valence-electron chi connectivity index (χ3n) is 3.07. The lowest BCUT2D eigenvalue weighted by Gasteiger charge is -2.09. The normalized spacial score (nSPS) is 10.2. The molecule has 0 aromatic heterocycles. The van der Waals surface area contributed by atoms with Crippen LogP contribution in [0.1, 0.15) is 18.9 Å². The molecule has 0 aliphatic heterocycles. The minimum atomic E-state index is -0.175. The van der Waals surface area contributed by atoms with Crippen LogP contribution in [0.5, 0.6) is 11.5 Å². The predicted molar refractivity (Wildman–Crippen MR) is 91.0 cm³/mol. The highest BCUT2D eigenvalue weighted by Gasteiger charge is 2.03. The minimum Gasteiger partial charge on any atom is -0.494 e. The van der Waals surface area contributed by atoms with Crippen molar-refractivity contribution in [3.63, 3.8) is 0 Å². The Kier molecular flexibility index (Phi) is 6.76. The standard InChI is InChI=1S/C18H20ClNO3/c1-2-11-22-16-7-9-17(10-8-16)23-13-18(21)20-12-14-3-5-15(19)6-4-14/h3-10H,2,11-13H2,1H3,(H,20,21). The first kappa shape index (κ1) is 17.2. The first-order valence-electron chi connectivity index (χ1n) is 7.54. The average Bonchev–Trinajstić information content (AvgIpc) is 2.58. The molecule has 0 heterocycles. The van der Waals surface area contributed by atoms with Crippen molar-refractivity contribution in [2.45, 2.75) is 19.9 Å². The highest BCUT2D eigenvalue weighted by Crippen LogP contribution is 2.17. The average molecular weight is 334 g/mol. The number of carbonyl (C=O) groups is 1. The van der Waals surface area contributed by atoms with Gasteiger partial charge in [-0.1, -0.05) is 30.7 Å². The van der Waals surface area contributed by atoms with Gasteiger partial charge in [-0.05, 0) is 48.4 Å². The number of hydrogen-bond donors (Lipinski definition) is 1. The van der Waals surface area contributed by atoms with Gasteiger partial charge in [0, 0.05) is 11.6 Å². The number of halogens is 1. The second-order valence-electron chi connectivity index (χ2n) is 5.01. The fourth-order valence-electron chi connectivity index (χ4n) is 1.85. The van der Waals surface area contributed by atoms with Gasteiger partial charge in [0.05, 0.1) is 6.61 Å². The summed E-state index contributed by atoms with van der Waals surface area (Å²) in [5.41, 5.74) is 0.986. The molecule has 23 heavy (non-hydrogen) atoms. The van der Waals surface area contributed by atoms with Crippen molar-refractivity contribution in [3.8, 4) is 11.5 Å². The van der Waals surface area contributed by atoms with Crippen LogP contribution < -0.4 is 14.8 Å². The summed E-state index contributed by atoms with van der Waals surface area (Å²) in [5.74, 6) is 1.26. The van der Waals surface area contributed by atoms with Gasteiger partial charge in [0.1, 0.15) is 11.5 Å². The largest absolute Gasteiger partial charge is 0.494 e. The van der Waals surface area contributed by atoms with E-state index < -0.39 is 0 Å². The van der Waals surface area contributed by atoms with Crippen LogP contribution in [0.4, 0.5) is 0 Å². The summed E-state index contributed by atoms with van der Waals surface area (Å²) in [6.45, 7) is 3.17. The maximum absolute atomic E-state index is 11.8. The molecule has 0 unspecified atom stereocenters. The number of nitrogens with one attached hydrogen (secondary N) is 1. The predicted octanol–water partition coefficient (Wildman–Crippen LogP) is 3.82. The van der Waals surface area contributed by atoms with Crippen molar-refractivity contribution >= 4 is 17.5 Å². The van der Waals surface area contributed by atoms with Gasteiger partial charge in [-0.3, -0.25) is 4.79 Å². The summed E-state index contributed by atoms with van der Waals surface area (Å²) in [5, 5.41) is 3.47. The van der Waals surface area contributed by atoms with E-state index in [1.165, 1.54) is 0 Å². The van der Waals surface area contributed by atoms with Crippen LogP contribution >= 0.6 is 11.6 Å². The van der Waals surface area contributed by atoms with Crippen LogP contribution in [0, 0.1) is 0 Å². The van der Waals surface area contributed by atoms with Crippen LogP contribution in [0.15, 0.2) is 48.5 Å². The molecule has 1 N–H and O–H groups in total. The Morgan fingerprint density at radius 2 is 1.61 bits per heavy atom. The molecule has 2 aromatic carbocycles. The first-order valence-corrected chi connectivity index (χ1v) is 7.92. The van der Waals surface area contributed by atoms with E-state index in [0.717, 1.165) is 17.7 Å². The van der Waals surface area contributed by atoms with Crippen LogP contribution in [-0.2, 0) is 11.3 Å². The molecule has 0 aliphatic rings. The molecular formula is C18H20ClNO3. The Hall–Kier alpha value is -2.20. The Balaban J connectivity index is 1.72. The van der Waals surface area contributed by atoms with E-state index in [9.17, 15) is 4.79 Å². The second-order valence-corrected chi connectivity index (χ2v) is 5.45. The molecule has 0 atom stereocenters. The Morgan fingerprint density at radius 3 is 2.22 bits per heavy atom. The zero-order valence-corrected chi connectivity index (χ0v) is 13.8. The topological polar surface area (TPSA) is 47.6 Å². The van der Waals surface area contributed by atoms with Crippen molar-refractivity contribution in [1.29, 1.82) is 0 Å². The molecule has 0 spiro atoms. The molecule has 1 amide bonds. The maximum Gasteiger partial charge on any atom is 0.258 e. The van der Waals surface area contributed by atoms with Crippen molar-refractivity contribution < 1.29 is 14.3 Å². The molecule has 0 aliphatic carbocycles. The van der Waals surface area contributed by atoms with Gasteiger partial charge in [-0.15, -0.1) is 0 Å². The zero-order valence-electron chi connectivity index (χ0n) is 13.0. The number of carbonyl (C=O) groups excluding carboxylic acids is 1. The maximum atomic E-state index is 11.8. The molecule has 0 saturated heterocycles. The molecule has 2 aromatic rings. The third kappa shape index (κ3) is 6.20. The number of amides is 1. The summed E-state index contributed by atoms with van der Waals surface area (Å²) < 4.78 is 10.9. The molecule has 2 rings (SSSR count). The van der Waals surface area contributed by atoms with Crippen molar-refractivity contribution in [2.75, 3.05) is 13.2 Å². The monoisotopic (exact) mass is 333 g/mol. The molecule has 0 saturated carbocycles. The summed E-state index contributed by atoms with van der Waals surface area (Å²) in [6, 6.07) is 14.6. The quantitative estimate of drug-likeness (QED) is 0.798. The van der Waals surface area contributed by atoms with E-state index in [2.05, 4.69) is 12.2 Å². The number of benzene rings is 2. The molecular weight excluding hydrogens is 314 g/mol. The third-order valence-corrected chi connectivity index (χ3v) is 3.32. The summed E-state index contributed by atoms with van der Waals surface area (Å²) in [6.07, 6.45) is 0.964. The van der Waals surface area contributed by atoms with Gasteiger partial charge in [0.15, 0.2) is 6.61 Å². The zero-order chi connectivity index (χ0) is 16.5. The minimum absolute atomic E-state index is 0.0250. The SMILES string of the molecule is CCCOc1ccc(OCC(=O)NCc2ccc(Cl)cc2)cc1. The fourth-order valence-corrected chi connectivity index (χ4v) is 1.98. The van der Waals surface area contributed by atoms with E-state index in [-0.39, 0.29) is 12.5 Å². The van der Waals surface area contributed by atoms with Crippen molar-refractivity contribution in [1.82, 2.24) is 5.32 Å². The number of hydrogen-bond acceptors (Lipinski definition) is 3. The van der Waals surface area contributed by atoms with E-state index in [1.54, 1.807) is 24.3 Å². The second kappa shape index (κ2) is 9.06. The molecule has 5 heteroatoms. The molecule has 0 fully saturated rings. The lowest BCUT2D eigenvalue weighted by molar-refractivity contribution is -0.123. The van der Waals surface area contributed by atoms with Gasteiger partial charge in [0.25, 0.3) is 5.91 Å². The van der Waals surface area contributed by atoms with Crippen LogP contribution in [0.25, 0.3) is 0 Å². The highest BCUT2D eigenvalue weighted by molar-refractivity contribution is 6.30. The van der Waals surface area contributed by atoms with Gasteiger partial charge in [-0.25, -0.2) is 0 Å². The number of rotatable bonds is 8. The van der Waals surface area contributed by atoms with Crippen LogP contribution in [-0.4, -0.2) is 19.1 Å². The Morgan fingerprint density at radius 1 is 1.00 bits per heavy atom. The van der Waals surface area contributed by atoms with Crippen LogP contribution in [0.2, 0.25) is 5.02 Å². The van der Waals surface area contributed by atoms with Crippen molar-refractivity contribution in [2.24, 2.45) is 0 Å². The summed E-state index contributed by atoms with van der Waals surface area (Å²) in [4.78, 5) is 11.8.